The van der Waals surface area contributed by atoms with Crippen LogP contribution in [0, 0.1) is 5.82 Å². The monoisotopic (exact) mass is 319 g/mol. The van der Waals surface area contributed by atoms with Gasteiger partial charge < -0.3 is 5.32 Å². The molecule has 0 atom stereocenters. The molecule has 21 heavy (non-hydrogen) atoms. The first-order chi connectivity index (χ1) is 10.3. The highest BCUT2D eigenvalue weighted by Crippen LogP contribution is 2.28. The second-order valence-electron chi connectivity index (χ2n) is 4.40. The van der Waals surface area contributed by atoms with Gasteiger partial charge in [-0.05, 0) is 36.6 Å². The first-order valence-electron chi connectivity index (χ1n) is 6.62. The van der Waals surface area contributed by atoms with Crippen molar-refractivity contribution in [3.63, 3.8) is 0 Å². The minimum absolute atomic E-state index is 0.219. The zero-order chi connectivity index (χ0) is 14.7. The van der Waals surface area contributed by atoms with Crippen LogP contribution in [0.4, 0.5) is 10.2 Å². The number of anilines is 1. The normalized spacial score (nSPS) is 11.0. The van der Waals surface area contributed by atoms with Crippen LogP contribution in [-0.2, 0) is 5.75 Å². The molecule has 0 spiro atoms. The smallest absolute Gasteiger partial charge is 0.142 e. The molecule has 2 aromatic heterocycles. The molecule has 0 amide bonds. The summed E-state index contributed by atoms with van der Waals surface area (Å²) in [7, 11) is 0. The number of thiophene rings is 1. The topological polar surface area (TPSA) is 37.8 Å². The lowest BCUT2D eigenvalue weighted by Gasteiger charge is -2.07. The Balaban J connectivity index is 1.83. The van der Waals surface area contributed by atoms with Crippen LogP contribution < -0.4 is 5.32 Å². The molecule has 0 bridgehead atoms. The zero-order valence-electron chi connectivity index (χ0n) is 11.5. The largest absolute Gasteiger partial charge is 0.370 e. The summed E-state index contributed by atoms with van der Waals surface area (Å²) < 4.78 is 13.2. The summed E-state index contributed by atoms with van der Waals surface area (Å²) in [5.74, 6) is 2.03. The molecule has 2 heterocycles. The van der Waals surface area contributed by atoms with Crippen LogP contribution in [0.5, 0.6) is 0 Å². The lowest BCUT2D eigenvalue weighted by atomic mass is 10.3. The van der Waals surface area contributed by atoms with Crippen molar-refractivity contribution in [2.75, 3.05) is 11.9 Å². The predicted molar refractivity (Wildman–Crippen MR) is 87.5 cm³/mol. The van der Waals surface area contributed by atoms with Crippen molar-refractivity contribution in [2.45, 2.75) is 17.6 Å². The second-order valence-corrected chi connectivity index (χ2v) is 6.35. The SMILES string of the molecule is CCNc1nc(CSc2cccc(F)c2)nc2sccc12. The van der Waals surface area contributed by atoms with E-state index < -0.39 is 0 Å². The van der Waals surface area contributed by atoms with E-state index in [4.69, 9.17) is 0 Å². The molecular formula is C15H14FN3S2. The standard InChI is InChI=1S/C15H14FN3S2/c1-2-17-14-12-6-7-20-15(12)19-13(18-14)9-21-11-5-3-4-10(16)8-11/h3-8H,2,9H2,1H3,(H,17,18,19). The summed E-state index contributed by atoms with van der Waals surface area (Å²) >= 11 is 3.14. The summed E-state index contributed by atoms with van der Waals surface area (Å²) in [4.78, 5) is 11.0. The first-order valence-corrected chi connectivity index (χ1v) is 8.49. The van der Waals surface area contributed by atoms with E-state index in [1.54, 1.807) is 17.4 Å². The van der Waals surface area contributed by atoms with Crippen molar-refractivity contribution in [2.24, 2.45) is 0 Å². The summed E-state index contributed by atoms with van der Waals surface area (Å²) in [5, 5.41) is 6.34. The molecule has 3 aromatic rings. The van der Waals surface area contributed by atoms with E-state index in [0.717, 1.165) is 33.3 Å². The van der Waals surface area contributed by atoms with Gasteiger partial charge in [0.1, 0.15) is 22.3 Å². The molecule has 3 nitrogen and oxygen atoms in total. The van der Waals surface area contributed by atoms with Gasteiger partial charge in [-0.25, -0.2) is 14.4 Å². The maximum atomic E-state index is 13.2. The molecule has 0 saturated carbocycles. The Labute approximate surface area is 130 Å². The zero-order valence-corrected chi connectivity index (χ0v) is 13.1. The molecule has 108 valence electrons. The van der Waals surface area contributed by atoms with Crippen molar-refractivity contribution >= 4 is 39.1 Å². The van der Waals surface area contributed by atoms with Crippen LogP contribution >= 0.6 is 23.1 Å². The van der Waals surface area contributed by atoms with Crippen LogP contribution in [0.3, 0.4) is 0 Å². The van der Waals surface area contributed by atoms with E-state index in [9.17, 15) is 4.39 Å². The highest BCUT2D eigenvalue weighted by Gasteiger charge is 2.09. The predicted octanol–water partition coefficient (Wildman–Crippen LogP) is 4.55. The van der Waals surface area contributed by atoms with Crippen molar-refractivity contribution in [3.8, 4) is 0 Å². The number of aromatic nitrogens is 2. The van der Waals surface area contributed by atoms with E-state index >= 15 is 0 Å². The summed E-state index contributed by atoms with van der Waals surface area (Å²) in [5.41, 5.74) is 0. The van der Waals surface area contributed by atoms with Gasteiger partial charge in [0.25, 0.3) is 0 Å². The Kier molecular flexibility index (Phi) is 4.36. The third-order valence-corrected chi connectivity index (χ3v) is 4.68. The van der Waals surface area contributed by atoms with Gasteiger partial charge >= 0.3 is 0 Å². The third-order valence-electron chi connectivity index (χ3n) is 2.88. The van der Waals surface area contributed by atoms with Crippen LogP contribution in [-0.4, -0.2) is 16.5 Å². The molecule has 0 unspecified atom stereocenters. The average Bonchev–Trinajstić information content (AvgIpc) is 2.94. The van der Waals surface area contributed by atoms with E-state index in [2.05, 4.69) is 15.3 Å². The van der Waals surface area contributed by atoms with Gasteiger partial charge in [0.2, 0.25) is 0 Å². The molecule has 6 heteroatoms. The average molecular weight is 319 g/mol. The highest BCUT2D eigenvalue weighted by molar-refractivity contribution is 7.98. The number of benzene rings is 1. The minimum atomic E-state index is -0.219. The molecule has 0 aliphatic rings. The number of nitrogens with zero attached hydrogens (tertiary/aromatic N) is 2. The number of thioether (sulfide) groups is 1. The number of nitrogens with one attached hydrogen (secondary N) is 1. The Morgan fingerprint density at radius 2 is 2.19 bits per heavy atom. The maximum absolute atomic E-state index is 13.2. The van der Waals surface area contributed by atoms with Crippen molar-refractivity contribution in [1.82, 2.24) is 9.97 Å². The quantitative estimate of drug-likeness (QED) is 0.700. The molecule has 1 aromatic carbocycles. The number of halogens is 1. The van der Waals surface area contributed by atoms with E-state index in [1.165, 1.54) is 23.9 Å². The van der Waals surface area contributed by atoms with Crippen LogP contribution in [0.2, 0.25) is 0 Å². The van der Waals surface area contributed by atoms with E-state index in [1.807, 2.05) is 24.4 Å². The third kappa shape index (κ3) is 3.33. The fraction of sp³-hybridized carbons (Fsp3) is 0.200. The molecule has 3 rings (SSSR count). The number of fused-ring (bicyclic) bond motifs is 1. The Bertz CT molecular complexity index is 758. The summed E-state index contributed by atoms with van der Waals surface area (Å²) in [6.45, 7) is 2.86. The van der Waals surface area contributed by atoms with E-state index in [0.29, 0.717) is 5.75 Å². The van der Waals surface area contributed by atoms with Crippen LogP contribution in [0.25, 0.3) is 10.2 Å². The van der Waals surface area contributed by atoms with Gasteiger partial charge in [0.05, 0.1) is 11.1 Å². The molecule has 0 aliphatic heterocycles. The fourth-order valence-corrected chi connectivity index (χ4v) is 3.55. The number of hydrogen-bond donors (Lipinski definition) is 1. The maximum Gasteiger partial charge on any atom is 0.142 e. The fourth-order valence-electron chi connectivity index (χ4n) is 1.97. The summed E-state index contributed by atoms with van der Waals surface area (Å²) in [6, 6.07) is 8.61. The molecule has 0 fully saturated rings. The number of hydrogen-bond acceptors (Lipinski definition) is 5. The van der Waals surface area contributed by atoms with Gasteiger partial charge in [-0.15, -0.1) is 23.1 Å². The molecular weight excluding hydrogens is 305 g/mol. The Morgan fingerprint density at radius 3 is 3.00 bits per heavy atom. The van der Waals surface area contributed by atoms with Crippen molar-refractivity contribution in [1.29, 1.82) is 0 Å². The Morgan fingerprint density at radius 1 is 1.29 bits per heavy atom. The molecule has 1 N–H and O–H groups in total. The van der Waals surface area contributed by atoms with Crippen LogP contribution in [0.1, 0.15) is 12.7 Å². The molecule has 0 aliphatic carbocycles. The van der Waals surface area contributed by atoms with Gasteiger partial charge in [-0.1, -0.05) is 6.07 Å². The van der Waals surface area contributed by atoms with Crippen molar-refractivity contribution < 1.29 is 4.39 Å². The van der Waals surface area contributed by atoms with Crippen molar-refractivity contribution in [3.05, 3.63) is 47.4 Å². The van der Waals surface area contributed by atoms with Crippen LogP contribution in [0.15, 0.2) is 40.6 Å². The lowest BCUT2D eigenvalue weighted by molar-refractivity contribution is 0.624. The molecule has 0 radical (unpaired) electrons. The number of rotatable bonds is 5. The molecule has 0 saturated heterocycles. The lowest BCUT2D eigenvalue weighted by Crippen LogP contribution is -2.03. The van der Waals surface area contributed by atoms with Gasteiger partial charge in [-0.2, -0.15) is 0 Å². The second kappa shape index (κ2) is 6.41. The highest BCUT2D eigenvalue weighted by atomic mass is 32.2. The van der Waals surface area contributed by atoms with Gasteiger partial charge in [-0.3, -0.25) is 0 Å². The Hall–Kier alpha value is -1.66. The van der Waals surface area contributed by atoms with Gasteiger partial charge in [0.15, 0.2) is 0 Å². The summed E-state index contributed by atoms with van der Waals surface area (Å²) in [6.07, 6.45) is 0. The first kappa shape index (κ1) is 14.3. The van der Waals surface area contributed by atoms with Gasteiger partial charge in [0, 0.05) is 11.4 Å². The van der Waals surface area contributed by atoms with E-state index in [-0.39, 0.29) is 5.82 Å². The minimum Gasteiger partial charge on any atom is -0.370 e.